The van der Waals surface area contributed by atoms with E-state index in [4.69, 9.17) is 33.0 Å². The van der Waals surface area contributed by atoms with Gasteiger partial charge in [0, 0.05) is 36.8 Å². The van der Waals surface area contributed by atoms with Crippen molar-refractivity contribution in [3.05, 3.63) is 75.0 Å². The van der Waals surface area contributed by atoms with Crippen LogP contribution in [0.5, 0.6) is 5.75 Å². The summed E-state index contributed by atoms with van der Waals surface area (Å²) in [5.74, 6) is 1.69. The van der Waals surface area contributed by atoms with Gasteiger partial charge in [0.2, 0.25) is 0 Å². The second-order valence-electron chi connectivity index (χ2n) is 11.1. The van der Waals surface area contributed by atoms with Crippen LogP contribution in [0, 0.1) is 11.8 Å². The molecule has 0 spiro atoms. The van der Waals surface area contributed by atoms with Crippen molar-refractivity contribution < 1.29 is 14.3 Å². The number of fused-ring (bicyclic) bond motifs is 2. The highest BCUT2D eigenvalue weighted by Crippen LogP contribution is 2.38. The van der Waals surface area contributed by atoms with Gasteiger partial charge in [0.1, 0.15) is 5.75 Å². The minimum Gasteiger partial charge on any atom is -0.497 e. The highest BCUT2D eigenvalue weighted by molar-refractivity contribution is 6.35. The van der Waals surface area contributed by atoms with Crippen molar-refractivity contribution in [1.82, 2.24) is 30.4 Å². The van der Waals surface area contributed by atoms with Crippen LogP contribution in [0.4, 0.5) is 4.79 Å². The van der Waals surface area contributed by atoms with E-state index >= 15 is 0 Å². The number of hydrazine groups is 1. The number of amides is 3. The van der Waals surface area contributed by atoms with Gasteiger partial charge in [-0.25, -0.2) is 14.5 Å². The zero-order valence-corrected chi connectivity index (χ0v) is 25.2. The number of rotatable bonds is 6. The molecule has 11 heteroatoms. The largest absolute Gasteiger partial charge is 0.497 e. The van der Waals surface area contributed by atoms with Gasteiger partial charge in [-0.1, -0.05) is 41.8 Å². The van der Waals surface area contributed by atoms with Crippen LogP contribution in [0.2, 0.25) is 10.0 Å². The van der Waals surface area contributed by atoms with Crippen LogP contribution in [0.15, 0.2) is 42.5 Å². The van der Waals surface area contributed by atoms with Crippen molar-refractivity contribution in [3.8, 4) is 11.4 Å². The number of nitrogens with zero attached hydrogens (tertiary/aromatic N) is 4. The smallest absolute Gasteiger partial charge is 0.317 e. The van der Waals surface area contributed by atoms with Crippen LogP contribution < -0.4 is 15.5 Å². The van der Waals surface area contributed by atoms with E-state index in [-0.39, 0.29) is 24.2 Å². The molecule has 42 heavy (non-hydrogen) atoms. The molecule has 2 aromatic carbocycles. The van der Waals surface area contributed by atoms with Crippen molar-refractivity contribution in [1.29, 1.82) is 0 Å². The van der Waals surface area contributed by atoms with Gasteiger partial charge in [-0.15, -0.1) is 0 Å². The highest BCUT2D eigenvalue weighted by Gasteiger charge is 2.38. The molecule has 1 saturated heterocycles. The Labute approximate surface area is 255 Å². The number of urea groups is 1. The molecule has 0 bridgehead atoms. The van der Waals surface area contributed by atoms with E-state index in [1.807, 2.05) is 42.3 Å². The highest BCUT2D eigenvalue weighted by atomic mass is 35.5. The van der Waals surface area contributed by atoms with Gasteiger partial charge in [0.05, 0.1) is 30.1 Å². The Kier molecular flexibility index (Phi) is 8.16. The molecule has 220 valence electrons. The molecule has 1 saturated carbocycles. The molecule has 1 aromatic heterocycles. The fraction of sp³-hybridized carbons (Fsp3) is 0.387. The Morgan fingerprint density at radius 2 is 1.81 bits per heavy atom. The molecule has 3 aromatic rings. The van der Waals surface area contributed by atoms with Crippen molar-refractivity contribution in [2.45, 2.75) is 32.7 Å². The predicted octanol–water partition coefficient (Wildman–Crippen LogP) is 5.65. The third kappa shape index (κ3) is 5.61. The zero-order chi connectivity index (χ0) is 29.4. The van der Waals surface area contributed by atoms with Gasteiger partial charge in [0.25, 0.3) is 5.91 Å². The van der Waals surface area contributed by atoms with Crippen LogP contribution in [-0.2, 0) is 6.54 Å². The summed E-state index contributed by atoms with van der Waals surface area (Å²) >= 11 is 12.9. The first kappa shape index (κ1) is 28.6. The maximum atomic E-state index is 13.9. The van der Waals surface area contributed by atoms with Crippen LogP contribution >= 0.6 is 23.2 Å². The lowest BCUT2D eigenvalue weighted by molar-refractivity contribution is 0.0806. The second kappa shape index (κ2) is 12.0. The van der Waals surface area contributed by atoms with Crippen molar-refractivity contribution in [3.63, 3.8) is 0 Å². The first-order valence-corrected chi connectivity index (χ1v) is 15.1. The quantitative estimate of drug-likeness (QED) is 0.377. The lowest BCUT2D eigenvalue weighted by Gasteiger charge is -2.30. The molecule has 2 atom stereocenters. The summed E-state index contributed by atoms with van der Waals surface area (Å²) in [5.41, 5.74) is 7.12. The number of benzene rings is 2. The molecule has 2 unspecified atom stereocenters. The van der Waals surface area contributed by atoms with E-state index in [0.717, 1.165) is 35.7 Å². The molecule has 9 nitrogen and oxygen atoms in total. The van der Waals surface area contributed by atoms with Gasteiger partial charge in [-0.2, -0.15) is 5.10 Å². The van der Waals surface area contributed by atoms with Crippen LogP contribution in [0.3, 0.4) is 0 Å². The molecular weight excluding hydrogens is 575 g/mol. The maximum absolute atomic E-state index is 13.9. The Morgan fingerprint density at radius 3 is 2.48 bits per heavy atom. The molecule has 2 N–H and O–H groups in total. The molecule has 2 aliphatic heterocycles. The second-order valence-corrected chi connectivity index (χ2v) is 12.0. The molecule has 0 radical (unpaired) electrons. The number of hydrogen-bond acceptors (Lipinski definition) is 5. The normalized spacial score (nSPS) is 20.9. The topological polar surface area (TPSA) is 91.7 Å². The maximum Gasteiger partial charge on any atom is 0.317 e. The molecule has 1 aliphatic carbocycles. The molecule has 6 rings (SSSR count). The summed E-state index contributed by atoms with van der Waals surface area (Å²) in [6.07, 6.45) is 5.68. The summed E-state index contributed by atoms with van der Waals surface area (Å²) in [6.45, 7) is 4.60. The minimum absolute atomic E-state index is 0.209. The minimum atomic E-state index is -0.295. The van der Waals surface area contributed by atoms with Crippen molar-refractivity contribution >= 4 is 46.8 Å². The SMILES string of the molecule is CCNC(=O)N1CC(=Cc2ccc(OC)cc2)c2c(c(C(=O)NN3CC4CCCC4C3)nn2-c2ccc(Cl)cc2Cl)C1. The Bertz CT molecular complexity index is 1520. The van der Waals surface area contributed by atoms with E-state index in [1.54, 1.807) is 34.9 Å². The molecule has 3 amide bonds. The van der Waals surface area contributed by atoms with Crippen LogP contribution in [-0.4, -0.2) is 64.9 Å². The summed E-state index contributed by atoms with van der Waals surface area (Å²) < 4.78 is 7.04. The number of methoxy groups -OCH3 is 1. The number of ether oxygens (including phenoxy) is 1. The average molecular weight is 610 g/mol. The van der Waals surface area contributed by atoms with Gasteiger partial charge in [-0.3, -0.25) is 10.2 Å². The number of nitrogens with one attached hydrogen (secondary N) is 2. The molecule has 3 heterocycles. The molecular formula is C31H34Cl2N6O3. The number of hydrogen-bond donors (Lipinski definition) is 2. The van der Waals surface area contributed by atoms with Crippen molar-refractivity contribution in [2.24, 2.45) is 11.8 Å². The third-order valence-corrected chi connectivity index (χ3v) is 8.95. The standard InChI is InChI=1S/C31H34Cl2N6O3/c1-3-34-31(41)37-15-22(13-19-7-10-24(42-2)11-8-19)29-25(18-37)28(35-39(29)27-12-9-23(32)14-26(27)33)30(40)36-38-16-20-5-4-6-21(20)17-38/h7-14,20-21H,3-6,15-18H2,1-2H3,(H,34,41)(H,36,40). The summed E-state index contributed by atoms with van der Waals surface area (Å²) in [7, 11) is 1.63. The monoisotopic (exact) mass is 608 g/mol. The van der Waals surface area contributed by atoms with E-state index < -0.39 is 0 Å². The number of carbonyl (C=O) groups excluding carboxylic acids is 2. The Morgan fingerprint density at radius 1 is 1.07 bits per heavy atom. The van der Waals surface area contributed by atoms with Gasteiger partial charge in [0.15, 0.2) is 5.69 Å². The molecule has 2 fully saturated rings. The average Bonchev–Trinajstić information content (AvgIpc) is 3.67. The number of halogens is 2. The van der Waals surface area contributed by atoms with E-state index in [1.165, 1.54) is 19.3 Å². The van der Waals surface area contributed by atoms with Gasteiger partial charge in [-0.05, 0) is 79.1 Å². The first-order chi connectivity index (χ1) is 20.3. The van der Waals surface area contributed by atoms with E-state index in [9.17, 15) is 9.59 Å². The Hall–Kier alpha value is -3.53. The third-order valence-electron chi connectivity index (χ3n) is 8.41. The van der Waals surface area contributed by atoms with E-state index in [2.05, 4.69) is 10.7 Å². The lowest BCUT2D eigenvalue weighted by atomic mass is 9.97. The fourth-order valence-corrected chi connectivity index (χ4v) is 6.90. The zero-order valence-electron chi connectivity index (χ0n) is 23.7. The number of carbonyl (C=O) groups is 2. The van der Waals surface area contributed by atoms with Gasteiger partial charge < -0.3 is 15.0 Å². The van der Waals surface area contributed by atoms with Crippen LogP contribution in [0.1, 0.15) is 53.5 Å². The lowest BCUT2D eigenvalue weighted by Crippen LogP contribution is -2.44. The van der Waals surface area contributed by atoms with Gasteiger partial charge >= 0.3 is 6.03 Å². The van der Waals surface area contributed by atoms with E-state index in [0.29, 0.717) is 46.2 Å². The predicted molar refractivity (Wildman–Crippen MR) is 164 cm³/mol. The summed E-state index contributed by atoms with van der Waals surface area (Å²) in [6, 6.07) is 12.7. The fourth-order valence-electron chi connectivity index (χ4n) is 6.41. The summed E-state index contributed by atoms with van der Waals surface area (Å²) in [5, 5.41) is 10.7. The van der Waals surface area contributed by atoms with Crippen molar-refractivity contribution in [2.75, 3.05) is 33.3 Å². The summed E-state index contributed by atoms with van der Waals surface area (Å²) in [4.78, 5) is 28.7. The Balaban J connectivity index is 1.46. The van der Waals surface area contributed by atoms with Crippen LogP contribution in [0.25, 0.3) is 17.3 Å². The number of aromatic nitrogens is 2. The first-order valence-electron chi connectivity index (χ1n) is 14.4. The molecule has 3 aliphatic rings.